The van der Waals surface area contributed by atoms with Crippen LogP contribution in [0.15, 0.2) is 243 Å². The molecular formula is C84H76BN5O2S. The van der Waals surface area contributed by atoms with E-state index in [9.17, 15) is 0 Å². The highest BCUT2D eigenvalue weighted by Crippen LogP contribution is 2.68. The first-order valence-electron chi connectivity index (χ1n) is 32.7. The van der Waals surface area contributed by atoms with Gasteiger partial charge in [-0.3, -0.25) is 4.90 Å². The van der Waals surface area contributed by atoms with Crippen LogP contribution < -0.4 is 50.4 Å². The molecule has 0 N–H and O–H groups in total. The fourth-order valence-electron chi connectivity index (χ4n) is 14.2. The first-order chi connectivity index (χ1) is 44.6. The Morgan fingerprint density at radius 1 is 0.323 bits per heavy atom. The van der Waals surface area contributed by atoms with E-state index in [4.69, 9.17) is 9.47 Å². The van der Waals surface area contributed by atoms with Crippen LogP contribution in [0.2, 0.25) is 0 Å². The fraction of sp³-hybridized carbons (Fsp3) is 0.190. The molecule has 0 aliphatic carbocycles. The highest BCUT2D eigenvalue weighted by atomic mass is 32.1. The minimum atomic E-state index is -0.228. The van der Waals surface area contributed by atoms with Crippen molar-refractivity contribution in [1.29, 1.82) is 0 Å². The average molecular weight is 1230 g/mol. The van der Waals surface area contributed by atoms with Gasteiger partial charge < -0.3 is 29.1 Å². The monoisotopic (exact) mass is 1230 g/mol. The van der Waals surface area contributed by atoms with Crippen molar-refractivity contribution in [2.24, 2.45) is 0 Å². The standard InChI is InChI=1S/C84H76BN5O2S/c1-81(2,3)53-31-39-59(40-32-53)86(60-41-33-54(34-42-60)82(4,5)6)63-47-70-79-71(48-63)89(58-25-17-14-18-26-58)80-78(65-27-19-22-30-76(65)93-80)90(79)68-51-67-73(52-69(68)88(70)57-23-15-13-16-24-57)92-75-50-64(49-74-77(75)85(67)66-28-20-21-29-72(66)91-74)87(61-43-35-55(36-44-61)83(7,8)9)62-45-37-56(38-46-62)84(10,11)12/h13-52H,1-12H3. The number of rotatable bonds is 8. The fourth-order valence-corrected chi connectivity index (χ4v) is 15.5. The highest BCUT2D eigenvalue weighted by molar-refractivity contribution is 7.24. The SMILES string of the molecule is CC(C)(C)c1ccc(N(c2ccc(C(C)(C)C)cc2)c2cc3c4c(c2)Oc2cc5c(cc2B4c2ccccc2O3)N2c3c(cc(N(c4ccc(C(C)(C)C)cc4)c4ccc(C(C)(C)C)cc4)cc3N(c3ccccc3)c3sc4ccccc4c32)N5c2ccccc2)cc1. The van der Waals surface area contributed by atoms with Gasteiger partial charge in [0.2, 0.25) is 0 Å². The van der Waals surface area contributed by atoms with Crippen molar-refractivity contribution in [3.8, 4) is 23.0 Å². The van der Waals surface area contributed by atoms with E-state index >= 15 is 0 Å². The second-order valence-electron chi connectivity index (χ2n) is 29.5. The Kier molecular flexibility index (Phi) is 13.3. The van der Waals surface area contributed by atoms with Crippen LogP contribution in [0.5, 0.6) is 23.0 Å². The van der Waals surface area contributed by atoms with Gasteiger partial charge in [-0.1, -0.05) is 204 Å². The van der Waals surface area contributed by atoms with Crippen molar-refractivity contribution >= 4 is 129 Å². The molecule has 0 saturated heterocycles. The van der Waals surface area contributed by atoms with Crippen molar-refractivity contribution in [2.75, 3.05) is 24.5 Å². The molecule has 11 aromatic carbocycles. The Morgan fingerprint density at radius 2 is 0.731 bits per heavy atom. The van der Waals surface area contributed by atoms with Crippen LogP contribution in [0.1, 0.15) is 105 Å². The molecule has 0 radical (unpaired) electrons. The third-order valence-electron chi connectivity index (χ3n) is 19.2. The number of benzene rings is 11. The predicted molar refractivity (Wildman–Crippen MR) is 395 cm³/mol. The lowest BCUT2D eigenvalue weighted by atomic mass is 9.35. The van der Waals surface area contributed by atoms with Crippen LogP contribution in [0, 0.1) is 0 Å². The summed E-state index contributed by atoms with van der Waals surface area (Å²) in [5.41, 5.74) is 22.9. The smallest absolute Gasteiger partial charge is 0.260 e. The second kappa shape index (κ2) is 21.3. The van der Waals surface area contributed by atoms with E-state index in [1.807, 2.05) is 11.3 Å². The molecule has 12 aromatic rings. The molecule has 7 nitrogen and oxygen atoms in total. The number of hydrogen-bond donors (Lipinski definition) is 0. The van der Waals surface area contributed by atoms with Crippen molar-refractivity contribution in [3.63, 3.8) is 0 Å². The summed E-state index contributed by atoms with van der Waals surface area (Å²) in [6.45, 7) is 27.1. The lowest BCUT2D eigenvalue weighted by Gasteiger charge is -2.47. The molecule has 9 heteroatoms. The summed E-state index contributed by atoms with van der Waals surface area (Å²) in [5.74, 6) is 3.16. The van der Waals surface area contributed by atoms with Crippen molar-refractivity contribution in [2.45, 2.75) is 105 Å². The van der Waals surface area contributed by atoms with Gasteiger partial charge in [-0.2, -0.15) is 0 Å². The van der Waals surface area contributed by atoms with Gasteiger partial charge in [0, 0.05) is 67.9 Å². The Labute approximate surface area is 552 Å². The van der Waals surface area contributed by atoms with Crippen molar-refractivity contribution in [1.82, 2.24) is 0 Å². The number of thiophene rings is 1. The zero-order chi connectivity index (χ0) is 64.0. The summed E-state index contributed by atoms with van der Waals surface area (Å²) in [6, 6.07) is 90.0. The van der Waals surface area contributed by atoms with E-state index in [1.165, 1.54) is 32.3 Å². The molecule has 4 aliphatic rings. The van der Waals surface area contributed by atoms with E-state index in [1.54, 1.807) is 0 Å². The number of para-hydroxylation sites is 3. The summed E-state index contributed by atoms with van der Waals surface area (Å²) in [6.07, 6.45) is 0. The maximum absolute atomic E-state index is 7.65. The van der Waals surface area contributed by atoms with Crippen LogP contribution in [0.4, 0.5) is 84.6 Å². The van der Waals surface area contributed by atoms with Gasteiger partial charge >= 0.3 is 0 Å². The molecule has 458 valence electrons. The van der Waals surface area contributed by atoms with E-state index < -0.39 is 0 Å². The summed E-state index contributed by atoms with van der Waals surface area (Å²) in [4.78, 5) is 12.4. The number of ether oxygens (including phenoxy) is 2. The van der Waals surface area contributed by atoms with Crippen LogP contribution in [-0.4, -0.2) is 6.71 Å². The molecule has 93 heavy (non-hydrogen) atoms. The van der Waals surface area contributed by atoms with Crippen LogP contribution in [-0.2, 0) is 21.7 Å². The zero-order valence-corrected chi connectivity index (χ0v) is 55.9. The molecule has 0 atom stereocenters. The minimum Gasteiger partial charge on any atom is -0.458 e. The Morgan fingerprint density at radius 3 is 1.23 bits per heavy atom. The zero-order valence-electron chi connectivity index (χ0n) is 55.1. The van der Waals surface area contributed by atoms with E-state index in [2.05, 4.69) is 350 Å². The van der Waals surface area contributed by atoms with Gasteiger partial charge in [0.25, 0.3) is 6.71 Å². The van der Waals surface area contributed by atoms with E-state index in [-0.39, 0.29) is 28.4 Å². The van der Waals surface area contributed by atoms with E-state index in [0.29, 0.717) is 0 Å². The molecule has 0 unspecified atom stereocenters. The minimum absolute atomic E-state index is 0.0123. The molecule has 4 aliphatic heterocycles. The summed E-state index contributed by atoms with van der Waals surface area (Å²) >= 11 is 1.84. The third-order valence-corrected chi connectivity index (χ3v) is 20.3. The molecule has 0 spiro atoms. The van der Waals surface area contributed by atoms with Gasteiger partial charge in [-0.15, -0.1) is 11.3 Å². The number of nitrogens with zero attached hydrogens (tertiary/aromatic N) is 5. The summed E-state index contributed by atoms with van der Waals surface area (Å²) < 4.78 is 16.0. The summed E-state index contributed by atoms with van der Waals surface area (Å²) in [5, 5.41) is 2.33. The molecule has 0 bridgehead atoms. The van der Waals surface area contributed by atoms with Crippen LogP contribution in [0.3, 0.4) is 0 Å². The highest BCUT2D eigenvalue weighted by Gasteiger charge is 2.47. The first kappa shape index (κ1) is 58.2. The molecule has 16 rings (SSSR count). The van der Waals surface area contributed by atoms with Gasteiger partial charge in [0.05, 0.1) is 45.5 Å². The topological polar surface area (TPSA) is 34.7 Å². The van der Waals surface area contributed by atoms with Gasteiger partial charge in [0.1, 0.15) is 28.0 Å². The summed E-state index contributed by atoms with van der Waals surface area (Å²) in [7, 11) is 0. The number of fused-ring (bicyclic) bond motifs is 10. The Hall–Kier alpha value is -9.96. The van der Waals surface area contributed by atoms with Crippen LogP contribution >= 0.6 is 11.3 Å². The predicted octanol–water partition coefficient (Wildman–Crippen LogP) is 22.8. The first-order valence-corrected chi connectivity index (χ1v) is 33.5. The average Bonchev–Trinajstić information content (AvgIpc) is 1.68. The number of hydrogen-bond acceptors (Lipinski definition) is 8. The molecule has 1 aromatic heterocycles. The lowest BCUT2D eigenvalue weighted by molar-refractivity contribution is 0.465. The van der Waals surface area contributed by atoms with Gasteiger partial charge in [-0.05, 0) is 158 Å². The Bertz CT molecular complexity index is 4790. The van der Waals surface area contributed by atoms with Crippen molar-refractivity contribution in [3.05, 3.63) is 265 Å². The third kappa shape index (κ3) is 9.76. The molecule has 0 fully saturated rings. The maximum Gasteiger partial charge on any atom is 0.260 e. The lowest BCUT2D eigenvalue weighted by Crippen LogP contribution is -2.57. The largest absolute Gasteiger partial charge is 0.458 e. The van der Waals surface area contributed by atoms with Gasteiger partial charge in [-0.25, -0.2) is 0 Å². The van der Waals surface area contributed by atoms with Crippen LogP contribution in [0.25, 0.3) is 10.1 Å². The number of anilines is 15. The molecule has 0 saturated carbocycles. The van der Waals surface area contributed by atoms with Crippen molar-refractivity contribution < 1.29 is 9.47 Å². The molecular weight excluding hydrogens is 1150 g/mol. The second-order valence-corrected chi connectivity index (χ2v) is 30.6. The molecule has 5 heterocycles. The molecule has 0 amide bonds. The normalized spacial score (nSPS) is 13.7. The van der Waals surface area contributed by atoms with E-state index in [0.717, 1.165) is 124 Å². The Balaban J connectivity index is 0.957. The quantitative estimate of drug-likeness (QED) is 0.140. The maximum atomic E-state index is 7.65. The van der Waals surface area contributed by atoms with Gasteiger partial charge in [0.15, 0.2) is 0 Å².